The minimum atomic E-state index is -4.02. The Kier molecular flexibility index (Phi) is 7.34. The zero-order valence-corrected chi connectivity index (χ0v) is 23.9. The number of hydrazine groups is 1. The molecule has 13 heteroatoms. The molecule has 2 aliphatic heterocycles. The molecule has 4 amide bonds. The molecule has 1 aromatic rings. The Morgan fingerprint density at radius 3 is 2.10 bits per heavy atom. The predicted octanol–water partition coefficient (Wildman–Crippen LogP) is 3.97. The van der Waals surface area contributed by atoms with E-state index in [-0.39, 0.29) is 53.5 Å². The number of amides is 4. The van der Waals surface area contributed by atoms with E-state index in [4.69, 9.17) is 27.9 Å². The van der Waals surface area contributed by atoms with Crippen molar-refractivity contribution in [2.45, 2.75) is 52.6 Å². The molecular formula is C26H32Cl2F2N4O5. The van der Waals surface area contributed by atoms with E-state index in [1.54, 1.807) is 31.1 Å². The number of carbonyl (C=O) groups excluding carboxylic acids is 4. The summed E-state index contributed by atoms with van der Waals surface area (Å²) in [5.74, 6) is -7.51. The van der Waals surface area contributed by atoms with E-state index >= 15 is 0 Å². The number of halogens is 4. The van der Waals surface area contributed by atoms with Crippen LogP contribution in [-0.4, -0.2) is 65.4 Å². The maximum absolute atomic E-state index is 14.7. The smallest absolute Gasteiger partial charge is 0.410 e. The van der Waals surface area contributed by atoms with E-state index < -0.39 is 46.3 Å². The summed E-state index contributed by atoms with van der Waals surface area (Å²) in [6, 6.07) is 2.97. The molecule has 39 heavy (non-hydrogen) atoms. The first kappa shape index (κ1) is 29.3. The van der Waals surface area contributed by atoms with Gasteiger partial charge in [-0.25, -0.2) is 4.79 Å². The van der Waals surface area contributed by atoms with Crippen molar-refractivity contribution in [3.63, 3.8) is 0 Å². The minimum Gasteiger partial charge on any atom is -0.444 e. The lowest BCUT2D eigenvalue weighted by molar-refractivity contribution is -0.154. The third-order valence-corrected chi connectivity index (χ3v) is 8.36. The molecule has 2 atom stereocenters. The van der Waals surface area contributed by atoms with Gasteiger partial charge in [-0.2, -0.15) is 8.78 Å². The molecule has 1 saturated carbocycles. The Bertz CT molecular complexity index is 1210. The SMILES string of the molecule is CC(C)(C)OC(=O)N1CC(C(=O)NNC(=O)C(F)(F)c2ccc(Cl)c(Cl)c2)C2(C1)CN(C(=O)[C@H]1CC1(C)C)C2. The molecule has 1 spiro atoms. The number of benzene rings is 1. The van der Waals surface area contributed by atoms with E-state index in [1.165, 1.54) is 4.90 Å². The van der Waals surface area contributed by atoms with Crippen LogP contribution in [0.1, 0.15) is 46.6 Å². The molecule has 214 valence electrons. The fourth-order valence-corrected chi connectivity index (χ4v) is 5.50. The molecular weight excluding hydrogens is 557 g/mol. The Balaban J connectivity index is 1.45. The van der Waals surface area contributed by atoms with Crippen LogP contribution < -0.4 is 10.9 Å². The summed E-state index contributed by atoms with van der Waals surface area (Å²) in [6.07, 6.45) is 0.156. The average molecular weight is 589 g/mol. The highest BCUT2D eigenvalue weighted by Crippen LogP contribution is 2.54. The summed E-state index contributed by atoms with van der Waals surface area (Å²) in [7, 11) is 0. The third kappa shape index (κ3) is 5.79. The normalized spacial score (nSPS) is 23.2. The number of hydrogen-bond acceptors (Lipinski definition) is 5. The largest absolute Gasteiger partial charge is 0.444 e. The number of rotatable bonds is 4. The zero-order chi connectivity index (χ0) is 29.1. The van der Waals surface area contributed by atoms with Crippen LogP contribution in [0.25, 0.3) is 0 Å². The maximum Gasteiger partial charge on any atom is 0.410 e. The van der Waals surface area contributed by atoms with Gasteiger partial charge in [0.05, 0.1) is 16.0 Å². The highest BCUT2D eigenvalue weighted by atomic mass is 35.5. The fraction of sp³-hybridized carbons (Fsp3) is 0.615. The number of hydrogen-bond donors (Lipinski definition) is 2. The van der Waals surface area contributed by atoms with Gasteiger partial charge in [0.2, 0.25) is 11.8 Å². The van der Waals surface area contributed by atoms with Crippen LogP contribution in [0.2, 0.25) is 10.0 Å². The molecule has 9 nitrogen and oxygen atoms in total. The zero-order valence-electron chi connectivity index (χ0n) is 22.4. The fourth-order valence-electron chi connectivity index (χ4n) is 5.20. The van der Waals surface area contributed by atoms with Gasteiger partial charge in [0.1, 0.15) is 5.60 Å². The number of nitrogens with zero attached hydrogens (tertiary/aromatic N) is 2. The number of ether oxygens (including phenoxy) is 1. The van der Waals surface area contributed by atoms with E-state index in [0.717, 1.165) is 24.6 Å². The third-order valence-electron chi connectivity index (χ3n) is 7.62. The van der Waals surface area contributed by atoms with Gasteiger partial charge in [-0.15, -0.1) is 0 Å². The van der Waals surface area contributed by atoms with Gasteiger partial charge in [0.15, 0.2) is 0 Å². The van der Waals surface area contributed by atoms with E-state index in [2.05, 4.69) is 5.43 Å². The van der Waals surface area contributed by atoms with Gasteiger partial charge in [-0.05, 0) is 44.7 Å². The van der Waals surface area contributed by atoms with Crippen molar-refractivity contribution >= 4 is 47.0 Å². The number of carbonyl (C=O) groups is 4. The molecule has 3 aliphatic rings. The van der Waals surface area contributed by atoms with Crippen molar-refractivity contribution in [3.05, 3.63) is 33.8 Å². The van der Waals surface area contributed by atoms with E-state index in [1.807, 2.05) is 13.8 Å². The Morgan fingerprint density at radius 2 is 1.56 bits per heavy atom. The van der Waals surface area contributed by atoms with Gasteiger partial charge in [-0.3, -0.25) is 25.2 Å². The number of nitrogens with one attached hydrogen (secondary N) is 2. The van der Waals surface area contributed by atoms with Gasteiger partial charge in [0, 0.05) is 43.1 Å². The van der Waals surface area contributed by atoms with Crippen LogP contribution in [0, 0.1) is 22.7 Å². The Labute approximate surface area is 235 Å². The quantitative estimate of drug-likeness (QED) is 0.517. The Hall–Kier alpha value is -2.66. The molecule has 1 aliphatic carbocycles. The summed E-state index contributed by atoms with van der Waals surface area (Å²) in [5, 5.41) is -0.108. The first-order valence-corrected chi connectivity index (χ1v) is 13.3. The van der Waals surface area contributed by atoms with Gasteiger partial charge in [-0.1, -0.05) is 43.1 Å². The van der Waals surface area contributed by atoms with Crippen molar-refractivity contribution < 1.29 is 32.7 Å². The second-order valence-electron chi connectivity index (χ2n) is 12.4. The summed E-state index contributed by atoms with van der Waals surface area (Å²) in [6.45, 7) is 9.70. The second kappa shape index (κ2) is 9.76. The lowest BCUT2D eigenvalue weighted by Crippen LogP contribution is -2.65. The van der Waals surface area contributed by atoms with Crippen LogP contribution in [0.5, 0.6) is 0 Å². The molecule has 3 fully saturated rings. The van der Waals surface area contributed by atoms with E-state index in [0.29, 0.717) is 0 Å². The van der Waals surface area contributed by atoms with Gasteiger partial charge in [0.25, 0.3) is 0 Å². The lowest BCUT2D eigenvalue weighted by atomic mass is 9.71. The lowest BCUT2D eigenvalue weighted by Gasteiger charge is -2.50. The first-order valence-electron chi connectivity index (χ1n) is 12.6. The summed E-state index contributed by atoms with van der Waals surface area (Å²) < 4.78 is 35.0. The highest BCUT2D eigenvalue weighted by Gasteiger charge is 2.62. The monoisotopic (exact) mass is 588 g/mol. The van der Waals surface area contributed by atoms with Gasteiger partial charge >= 0.3 is 17.9 Å². The summed E-state index contributed by atoms with van der Waals surface area (Å²) in [5.41, 5.74) is 1.54. The van der Waals surface area contributed by atoms with Crippen LogP contribution in [-0.2, 0) is 25.0 Å². The molecule has 2 heterocycles. The van der Waals surface area contributed by atoms with Gasteiger partial charge < -0.3 is 14.5 Å². The molecule has 2 saturated heterocycles. The topological polar surface area (TPSA) is 108 Å². The van der Waals surface area contributed by atoms with E-state index in [9.17, 15) is 28.0 Å². The van der Waals surface area contributed by atoms with Crippen molar-refractivity contribution in [1.82, 2.24) is 20.7 Å². The molecule has 0 bridgehead atoms. The molecule has 4 rings (SSSR count). The summed E-state index contributed by atoms with van der Waals surface area (Å²) >= 11 is 11.6. The van der Waals surface area contributed by atoms with Crippen LogP contribution in [0.4, 0.5) is 13.6 Å². The number of likely N-dealkylation sites (tertiary alicyclic amines) is 2. The maximum atomic E-state index is 14.7. The summed E-state index contributed by atoms with van der Waals surface area (Å²) in [4.78, 5) is 54.3. The second-order valence-corrected chi connectivity index (χ2v) is 13.2. The van der Waals surface area contributed by atoms with Crippen LogP contribution in [0.15, 0.2) is 18.2 Å². The molecule has 1 unspecified atom stereocenters. The average Bonchev–Trinajstić information content (AvgIpc) is 3.25. The van der Waals surface area contributed by atoms with Crippen molar-refractivity contribution in [2.24, 2.45) is 22.7 Å². The van der Waals surface area contributed by atoms with Crippen LogP contribution >= 0.6 is 23.2 Å². The molecule has 2 N–H and O–H groups in total. The highest BCUT2D eigenvalue weighted by molar-refractivity contribution is 6.42. The first-order chi connectivity index (χ1) is 17.9. The number of alkyl halides is 2. The van der Waals surface area contributed by atoms with Crippen LogP contribution in [0.3, 0.4) is 0 Å². The molecule has 1 aromatic carbocycles. The standard InChI is InChI=1S/C26H32Cl2F2N4O5/c1-23(2,3)39-22(38)33-10-16(25(11-33)12-34(13-25)20(36)15-9-24(15,4)5)19(35)31-32-21(37)26(29,30)14-6-7-17(27)18(28)8-14/h6-8,15-16H,9-13H2,1-5H3,(H,31,35)(H,32,37)/t15-,16?/m1/s1. The van der Waals surface area contributed by atoms with Crippen molar-refractivity contribution in [1.29, 1.82) is 0 Å². The molecule has 0 radical (unpaired) electrons. The Morgan fingerprint density at radius 1 is 0.974 bits per heavy atom. The van der Waals surface area contributed by atoms with Crippen molar-refractivity contribution in [2.75, 3.05) is 26.2 Å². The predicted molar refractivity (Wildman–Crippen MR) is 139 cm³/mol. The minimum absolute atomic E-state index is 0.00456. The van der Waals surface area contributed by atoms with Crippen molar-refractivity contribution in [3.8, 4) is 0 Å². The molecule has 0 aromatic heterocycles.